The van der Waals surface area contributed by atoms with E-state index in [2.05, 4.69) is 5.10 Å². The van der Waals surface area contributed by atoms with E-state index in [1.165, 1.54) is 0 Å². The zero-order chi connectivity index (χ0) is 10.1. The monoisotopic (exact) mass is 191 g/mol. The highest BCUT2D eigenvalue weighted by atomic mass is 16.3. The van der Waals surface area contributed by atoms with Crippen LogP contribution in [0, 0.1) is 6.92 Å². The van der Waals surface area contributed by atoms with Crippen molar-refractivity contribution in [3.63, 3.8) is 0 Å². The van der Waals surface area contributed by atoms with E-state index in [0.29, 0.717) is 12.2 Å². The highest BCUT2D eigenvalue weighted by Crippen LogP contribution is 2.19. The molecule has 1 aromatic heterocycles. The van der Waals surface area contributed by atoms with E-state index >= 15 is 0 Å². The molecule has 3 N–H and O–H groups in total. The van der Waals surface area contributed by atoms with Gasteiger partial charge < -0.3 is 10.8 Å². The van der Waals surface area contributed by atoms with Gasteiger partial charge in [-0.2, -0.15) is 5.10 Å². The molecule has 0 atom stereocenters. The van der Waals surface area contributed by atoms with Gasteiger partial charge in [-0.15, -0.1) is 0 Å². The molecule has 0 radical (unpaired) electrons. The third kappa shape index (κ3) is 1.33. The number of aromatic nitrogens is 2. The van der Waals surface area contributed by atoms with E-state index in [9.17, 15) is 0 Å². The average molecular weight is 191 g/mol. The number of nitrogen functional groups attached to an aromatic ring is 1. The Kier molecular flexibility index (Phi) is 2.13. The van der Waals surface area contributed by atoms with Crippen LogP contribution in [-0.4, -0.2) is 21.5 Å². The molecule has 0 amide bonds. The first-order valence-corrected chi connectivity index (χ1v) is 4.56. The number of anilines is 1. The summed E-state index contributed by atoms with van der Waals surface area (Å²) >= 11 is 0. The Bertz CT molecular complexity index is 462. The smallest absolute Gasteiger partial charge is 0.0946 e. The van der Waals surface area contributed by atoms with Crippen LogP contribution in [0.3, 0.4) is 0 Å². The second kappa shape index (κ2) is 3.31. The summed E-state index contributed by atoms with van der Waals surface area (Å²) < 4.78 is 1.80. The van der Waals surface area contributed by atoms with Gasteiger partial charge in [-0.1, -0.05) is 0 Å². The molecule has 0 spiro atoms. The quantitative estimate of drug-likeness (QED) is 0.694. The van der Waals surface area contributed by atoms with Crippen molar-refractivity contribution in [2.24, 2.45) is 0 Å². The summed E-state index contributed by atoms with van der Waals surface area (Å²) in [6.07, 6.45) is 0. The van der Waals surface area contributed by atoms with Crippen LogP contribution in [0.25, 0.3) is 10.9 Å². The van der Waals surface area contributed by atoms with Crippen LogP contribution in [0.2, 0.25) is 0 Å². The van der Waals surface area contributed by atoms with Gasteiger partial charge in [-0.3, -0.25) is 4.68 Å². The van der Waals surface area contributed by atoms with Crippen LogP contribution in [-0.2, 0) is 6.54 Å². The lowest BCUT2D eigenvalue weighted by molar-refractivity contribution is 0.268. The Morgan fingerprint density at radius 1 is 1.50 bits per heavy atom. The van der Waals surface area contributed by atoms with Crippen LogP contribution >= 0.6 is 0 Å². The third-order valence-corrected chi connectivity index (χ3v) is 2.34. The fourth-order valence-corrected chi connectivity index (χ4v) is 1.59. The summed E-state index contributed by atoms with van der Waals surface area (Å²) in [6, 6.07) is 5.66. The number of fused-ring (bicyclic) bond motifs is 1. The van der Waals surface area contributed by atoms with E-state index < -0.39 is 0 Å². The van der Waals surface area contributed by atoms with Crippen LogP contribution < -0.4 is 5.73 Å². The molecule has 2 rings (SSSR count). The highest BCUT2D eigenvalue weighted by molar-refractivity contribution is 5.84. The second-order valence-corrected chi connectivity index (χ2v) is 3.31. The Hall–Kier alpha value is -1.55. The van der Waals surface area contributed by atoms with Crippen LogP contribution in [0.1, 0.15) is 5.69 Å². The second-order valence-electron chi connectivity index (χ2n) is 3.31. The van der Waals surface area contributed by atoms with Crippen molar-refractivity contribution < 1.29 is 5.11 Å². The van der Waals surface area contributed by atoms with Gasteiger partial charge in [0.25, 0.3) is 0 Å². The summed E-state index contributed by atoms with van der Waals surface area (Å²) in [7, 11) is 0. The lowest BCUT2D eigenvalue weighted by Gasteiger charge is -1.99. The zero-order valence-electron chi connectivity index (χ0n) is 8.07. The number of aliphatic hydroxyl groups excluding tert-OH is 1. The largest absolute Gasteiger partial charge is 0.399 e. The molecule has 0 saturated heterocycles. The molecule has 1 aromatic carbocycles. The number of nitrogens with zero attached hydrogens (tertiary/aromatic N) is 2. The molecule has 0 bridgehead atoms. The van der Waals surface area contributed by atoms with Crippen molar-refractivity contribution >= 4 is 16.6 Å². The van der Waals surface area contributed by atoms with Crippen molar-refractivity contribution in [3.8, 4) is 0 Å². The lowest BCUT2D eigenvalue weighted by Crippen LogP contribution is -2.05. The Morgan fingerprint density at radius 3 is 3.00 bits per heavy atom. The van der Waals surface area contributed by atoms with E-state index in [4.69, 9.17) is 10.8 Å². The molecule has 4 heteroatoms. The van der Waals surface area contributed by atoms with Crippen molar-refractivity contribution in [2.45, 2.75) is 13.5 Å². The van der Waals surface area contributed by atoms with Gasteiger partial charge >= 0.3 is 0 Å². The standard InChI is InChI=1S/C10H13N3O/c1-7-9-3-2-8(11)6-10(9)12-13(7)4-5-14/h2-3,6,14H,4-5,11H2,1H3. The van der Waals surface area contributed by atoms with Gasteiger partial charge in [-0.05, 0) is 25.1 Å². The molecular weight excluding hydrogens is 178 g/mol. The SMILES string of the molecule is Cc1c2ccc(N)cc2nn1CCO. The minimum Gasteiger partial charge on any atom is -0.399 e. The number of rotatable bonds is 2. The normalized spacial score (nSPS) is 11.0. The van der Waals surface area contributed by atoms with Crippen LogP contribution in [0.15, 0.2) is 18.2 Å². The summed E-state index contributed by atoms with van der Waals surface area (Å²) in [5.74, 6) is 0. The molecule has 2 aromatic rings. The molecule has 0 unspecified atom stereocenters. The number of aliphatic hydroxyl groups is 1. The van der Waals surface area contributed by atoms with E-state index in [0.717, 1.165) is 16.6 Å². The van der Waals surface area contributed by atoms with Crippen molar-refractivity contribution in [3.05, 3.63) is 23.9 Å². The number of benzene rings is 1. The summed E-state index contributed by atoms with van der Waals surface area (Å²) in [6.45, 7) is 2.62. The predicted octanol–water partition coefficient (Wildman–Crippen LogP) is 0.919. The third-order valence-electron chi connectivity index (χ3n) is 2.34. The molecule has 4 nitrogen and oxygen atoms in total. The van der Waals surface area contributed by atoms with Crippen molar-refractivity contribution in [1.29, 1.82) is 0 Å². The molecule has 0 aliphatic heterocycles. The van der Waals surface area contributed by atoms with Gasteiger partial charge in [0.05, 0.1) is 18.7 Å². The van der Waals surface area contributed by atoms with Gasteiger partial charge in [-0.25, -0.2) is 0 Å². The maximum absolute atomic E-state index is 8.84. The Balaban J connectivity index is 2.61. The van der Waals surface area contributed by atoms with Crippen molar-refractivity contribution in [1.82, 2.24) is 9.78 Å². The summed E-state index contributed by atoms with van der Waals surface area (Å²) in [5.41, 5.74) is 8.32. The van der Waals surface area contributed by atoms with E-state index in [1.807, 2.05) is 25.1 Å². The Labute approximate surface area is 81.9 Å². The minimum atomic E-state index is 0.101. The summed E-state index contributed by atoms with van der Waals surface area (Å²) in [5, 5.41) is 14.3. The maximum Gasteiger partial charge on any atom is 0.0946 e. The molecule has 0 aliphatic rings. The molecule has 14 heavy (non-hydrogen) atoms. The van der Waals surface area contributed by atoms with Gasteiger partial charge in [0, 0.05) is 16.8 Å². The molecule has 0 fully saturated rings. The maximum atomic E-state index is 8.84. The molecule has 0 aliphatic carbocycles. The van der Waals surface area contributed by atoms with Gasteiger partial charge in [0.1, 0.15) is 0 Å². The van der Waals surface area contributed by atoms with Gasteiger partial charge in [0.2, 0.25) is 0 Å². The van der Waals surface area contributed by atoms with Crippen molar-refractivity contribution in [2.75, 3.05) is 12.3 Å². The first kappa shape index (κ1) is 9.02. The Morgan fingerprint density at radius 2 is 2.29 bits per heavy atom. The number of hydrogen-bond acceptors (Lipinski definition) is 3. The predicted molar refractivity (Wildman–Crippen MR) is 56.0 cm³/mol. The van der Waals surface area contributed by atoms with E-state index in [-0.39, 0.29) is 6.61 Å². The lowest BCUT2D eigenvalue weighted by atomic mass is 10.2. The molecule has 0 saturated carbocycles. The van der Waals surface area contributed by atoms with Crippen LogP contribution in [0.5, 0.6) is 0 Å². The topological polar surface area (TPSA) is 64.1 Å². The minimum absolute atomic E-state index is 0.101. The molecular formula is C10H13N3O. The molecule has 74 valence electrons. The first-order valence-electron chi connectivity index (χ1n) is 4.56. The number of nitrogens with two attached hydrogens (primary N) is 1. The average Bonchev–Trinajstić information content (AvgIpc) is 2.44. The first-order chi connectivity index (χ1) is 6.72. The van der Waals surface area contributed by atoms with Crippen LogP contribution in [0.4, 0.5) is 5.69 Å². The van der Waals surface area contributed by atoms with E-state index in [1.54, 1.807) is 4.68 Å². The number of aryl methyl sites for hydroxylation is 1. The zero-order valence-corrected chi connectivity index (χ0v) is 8.07. The highest BCUT2D eigenvalue weighted by Gasteiger charge is 2.06. The number of hydrogen-bond donors (Lipinski definition) is 2. The fourth-order valence-electron chi connectivity index (χ4n) is 1.59. The molecule has 1 heterocycles. The fraction of sp³-hybridized carbons (Fsp3) is 0.300. The van der Waals surface area contributed by atoms with Gasteiger partial charge in [0.15, 0.2) is 0 Å². The summed E-state index contributed by atoms with van der Waals surface area (Å²) in [4.78, 5) is 0.